The second-order valence-electron chi connectivity index (χ2n) is 6.26. The van der Waals surface area contributed by atoms with E-state index in [2.05, 4.69) is 10.2 Å². The van der Waals surface area contributed by atoms with Gasteiger partial charge in [0, 0.05) is 31.8 Å². The molecule has 0 aromatic heterocycles. The number of rotatable bonds is 3. The molecule has 0 aliphatic carbocycles. The van der Waals surface area contributed by atoms with Crippen LogP contribution in [-0.4, -0.2) is 36.0 Å². The Bertz CT molecular complexity index is 530. The van der Waals surface area contributed by atoms with Crippen LogP contribution in [0.3, 0.4) is 0 Å². The largest absolute Gasteiger partial charge is 0.316 e. The molecule has 1 aromatic carbocycles. The zero-order chi connectivity index (χ0) is 14.2. The van der Waals surface area contributed by atoms with Gasteiger partial charge in [0.25, 0.3) is 5.69 Å². The average molecular weight is 312 g/mol. The molecule has 6 heteroatoms. The highest BCUT2D eigenvalue weighted by molar-refractivity contribution is 5.85. The molecule has 1 aromatic rings. The Hall–Kier alpha value is -1.17. The quantitative estimate of drug-likeness (QED) is 0.688. The minimum atomic E-state index is -0.328. The molecule has 0 radical (unpaired) electrons. The van der Waals surface area contributed by atoms with Gasteiger partial charge < -0.3 is 5.32 Å². The smallest absolute Gasteiger partial charge is 0.269 e. The van der Waals surface area contributed by atoms with E-state index in [9.17, 15) is 10.1 Å². The summed E-state index contributed by atoms with van der Waals surface area (Å²) in [5.74, 6) is 0. The van der Waals surface area contributed by atoms with Crippen molar-refractivity contribution in [2.75, 3.05) is 26.2 Å². The fraction of sp³-hybridized carbons (Fsp3) is 0.600. The zero-order valence-corrected chi connectivity index (χ0v) is 13.1. The molecule has 2 aliphatic heterocycles. The Morgan fingerprint density at radius 1 is 1.43 bits per heavy atom. The Labute approximate surface area is 131 Å². The first-order chi connectivity index (χ1) is 9.58. The van der Waals surface area contributed by atoms with Gasteiger partial charge in [-0.2, -0.15) is 0 Å². The van der Waals surface area contributed by atoms with Crippen LogP contribution in [0.2, 0.25) is 0 Å². The maximum absolute atomic E-state index is 10.8. The van der Waals surface area contributed by atoms with Gasteiger partial charge in [0.05, 0.1) is 4.92 Å². The third-order valence-electron chi connectivity index (χ3n) is 4.78. The molecular weight excluding hydrogens is 290 g/mol. The van der Waals surface area contributed by atoms with Gasteiger partial charge in [-0.05, 0) is 49.4 Å². The van der Waals surface area contributed by atoms with Crippen molar-refractivity contribution in [1.29, 1.82) is 0 Å². The van der Waals surface area contributed by atoms with E-state index in [4.69, 9.17) is 0 Å². The molecule has 1 N–H and O–H groups in total. The van der Waals surface area contributed by atoms with Crippen LogP contribution in [0, 0.1) is 22.5 Å². The molecule has 116 valence electrons. The summed E-state index contributed by atoms with van der Waals surface area (Å²) in [7, 11) is 0. The Morgan fingerprint density at radius 3 is 2.86 bits per heavy atom. The van der Waals surface area contributed by atoms with Crippen LogP contribution in [0.1, 0.15) is 24.0 Å². The van der Waals surface area contributed by atoms with Crippen molar-refractivity contribution in [3.8, 4) is 0 Å². The van der Waals surface area contributed by atoms with Gasteiger partial charge in [-0.3, -0.25) is 15.0 Å². The van der Waals surface area contributed by atoms with E-state index in [1.807, 2.05) is 13.0 Å². The summed E-state index contributed by atoms with van der Waals surface area (Å²) in [6, 6.07) is 5.20. The lowest BCUT2D eigenvalue weighted by atomic mass is 9.86. The first-order valence-electron chi connectivity index (χ1n) is 7.25. The third-order valence-corrected chi connectivity index (χ3v) is 4.78. The maximum atomic E-state index is 10.8. The minimum Gasteiger partial charge on any atom is -0.316 e. The predicted octanol–water partition coefficient (Wildman–Crippen LogP) is 2.51. The number of likely N-dealkylation sites (tertiary alicyclic amines) is 1. The summed E-state index contributed by atoms with van der Waals surface area (Å²) in [4.78, 5) is 12.9. The average Bonchev–Trinajstić information content (AvgIpc) is 3.03. The lowest BCUT2D eigenvalue weighted by Gasteiger charge is -2.23. The number of hydrogen-bond donors (Lipinski definition) is 1. The molecule has 0 bridgehead atoms. The maximum Gasteiger partial charge on any atom is 0.269 e. The van der Waals surface area contributed by atoms with Crippen molar-refractivity contribution in [1.82, 2.24) is 10.2 Å². The normalized spacial score (nSPS) is 25.2. The molecule has 0 amide bonds. The van der Waals surface area contributed by atoms with Crippen LogP contribution in [0.15, 0.2) is 18.2 Å². The van der Waals surface area contributed by atoms with E-state index < -0.39 is 0 Å². The predicted molar refractivity (Wildman–Crippen MR) is 84.9 cm³/mol. The van der Waals surface area contributed by atoms with Crippen LogP contribution >= 0.6 is 12.4 Å². The van der Waals surface area contributed by atoms with Crippen molar-refractivity contribution in [3.63, 3.8) is 0 Å². The number of nitro groups is 1. The summed E-state index contributed by atoms with van der Waals surface area (Å²) in [6.45, 7) is 7.44. The Morgan fingerprint density at radius 2 is 2.24 bits per heavy atom. The van der Waals surface area contributed by atoms with Crippen molar-refractivity contribution in [2.45, 2.75) is 26.3 Å². The van der Waals surface area contributed by atoms with E-state index in [1.165, 1.54) is 18.4 Å². The summed E-state index contributed by atoms with van der Waals surface area (Å²) >= 11 is 0. The topological polar surface area (TPSA) is 58.4 Å². The number of non-ortho nitro benzene ring substituents is 1. The molecule has 2 aliphatic rings. The van der Waals surface area contributed by atoms with Gasteiger partial charge in [0.2, 0.25) is 0 Å². The molecule has 0 saturated carbocycles. The third kappa shape index (κ3) is 3.36. The molecule has 3 rings (SSSR count). The minimum absolute atomic E-state index is 0. The molecule has 2 heterocycles. The zero-order valence-electron chi connectivity index (χ0n) is 12.3. The van der Waals surface area contributed by atoms with Gasteiger partial charge in [0.1, 0.15) is 0 Å². The molecular formula is C15H22ClN3O2. The SMILES string of the molecule is Cc1cc([N+](=O)[O-])ccc1CN1CCC2(CCNC2)C1.Cl. The molecule has 5 nitrogen and oxygen atoms in total. The van der Waals surface area contributed by atoms with Crippen LogP contribution in [-0.2, 0) is 6.54 Å². The van der Waals surface area contributed by atoms with Crippen molar-refractivity contribution >= 4 is 18.1 Å². The molecule has 2 fully saturated rings. The van der Waals surface area contributed by atoms with Gasteiger partial charge >= 0.3 is 0 Å². The summed E-state index contributed by atoms with van der Waals surface area (Å²) in [5, 5.41) is 14.2. The lowest BCUT2D eigenvalue weighted by Crippen LogP contribution is -2.29. The number of aryl methyl sites for hydroxylation is 1. The molecule has 21 heavy (non-hydrogen) atoms. The highest BCUT2D eigenvalue weighted by Crippen LogP contribution is 2.36. The van der Waals surface area contributed by atoms with Gasteiger partial charge in [-0.1, -0.05) is 6.07 Å². The van der Waals surface area contributed by atoms with E-state index in [0.29, 0.717) is 5.41 Å². The molecule has 2 saturated heterocycles. The van der Waals surface area contributed by atoms with Gasteiger partial charge in [-0.25, -0.2) is 0 Å². The fourth-order valence-corrected chi connectivity index (χ4v) is 3.52. The summed E-state index contributed by atoms with van der Waals surface area (Å²) in [5.41, 5.74) is 2.89. The molecule has 1 unspecified atom stereocenters. The first kappa shape index (κ1) is 16.2. The number of nitrogens with one attached hydrogen (secondary N) is 1. The number of hydrogen-bond acceptors (Lipinski definition) is 4. The Balaban J connectivity index is 0.00000161. The number of halogens is 1. The van der Waals surface area contributed by atoms with Crippen LogP contribution in [0.25, 0.3) is 0 Å². The van der Waals surface area contributed by atoms with E-state index in [-0.39, 0.29) is 23.0 Å². The van der Waals surface area contributed by atoms with E-state index >= 15 is 0 Å². The van der Waals surface area contributed by atoms with Crippen LogP contribution in [0.5, 0.6) is 0 Å². The highest BCUT2D eigenvalue weighted by Gasteiger charge is 2.40. The van der Waals surface area contributed by atoms with Crippen molar-refractivity contribution in [2.24, 2.45) is 5.41 Å². The van der Waals surface area contributed by atoms with E-state index in [1.54, 1.807) is 12.1 Å². The Kier molecular flexibility index (Phi) is 4.86. The lowest BCUT2D eigenvalue weighted by molar-refractivity contribution is -0.384. The second kappa shape index (κ2) is 6.30. The monoisotopic (exact) mass is 311 g/mol. The van der Waals surface area contributed by atoms with Crippen LogP contribution < -0.4 is 5.32 Å². The standard InChI is InChI=1S/C15H21N3O2.ClH/c1-12-8-14(18(19)20)3-2-13(12)9-17-7-5-15(11-17)4-6-16-10-15;/h2-3,8,16H,4-7,9-11H2,1H3;1H. The van der Waals surface area contributed by atoms with E-state index in [0.717, 1.165) is 38.3 Å². The number of nitro benzene ring substituents is 1. The summed E-state index contributed by atoms with van der Waals surface area (Å²) < 4.78 is 0. The second-order valence-corrected chi connectivity index (χ2v) is 6.26. The van der Waals surface area contributed by atoms with Crippen molar-refractivity contribution in [3.05, 3.63) is 39.4 Å². The first-order valence-corrected chi connectivity index (χ1v) is 7.25. The summed E-state index contributed by atoms with van der Waals surface area (Å²) in [6.07, 6.45) is 2.55. The number of benzene rings is 1. The van der Waals surface area contributed by atoms with Gasteiger partial charge in [0.15, 0.2) is 0 Å². The van der Waals surface area contributed by atoms with Crippen molar-refractivity contribution < 1.29 is 4.92 Å². The fourth-order valence-electron chi connectivity index (χ4n) is 3.52. The highest BCUT2D eigenvalue weighted by atomic mass is 35.5. The van der Waals surface area contributed by atoms with Crippen LogP contribution in [0.4, 0.5) is 5.69 Å². The molecule has 1 spiro atoms. The number of nitrogens with zero attached hydrogens (tertiary/aromatic N) is 2. The molecule has 1 atom stereocenters. The van der Waals surface area contributed by atoms with Gasteiger partial charge in [-0.15, -0.1) is 12.4 Å².